The van der Waals surface area contributed by atoms with E-state index >= 15 is 0 Å². The highest BCUT2D eigenvalue weighted by molar-refractivity contribution is 5.72. The van der Waals surface area contributed by atoms with Crippen molar-refractivity contribution >= 4 is 5.97 Å². The molecule has 1 atom stereocenters. The molecule has 0 heterocycles. The number of carboxylic acid groups (broad SMARTS) is 1. The minimum atomic E-state index is -0.920. The Bertz CT molecular complexity index is 472. The summed E-state index contributed by atoms with van der Waals surface area (Å²) >= 11 is 0. The second-order valence-corrected chi connectivity index (χ2v) is 7.60. The first-order valence-corrected chi connectivity index (χ1v) is 7.50. The molecule has 3 nitrogen and oxygen atoms in total. The summed E-state index contributed by atoms with van der Waals surface area (Å²) in [6.07, 6.45) is -0.354. The van der Waals surface area contributed by atoms with Crippen LogP contribution >= 0.6 is 0 Å². The van der Waals surface area contributed by atoms with Crippen molar-refractivity contribution in [2.75, 3.05) is 0 Å². The van der Waals surface area contributed by atoms with Gasteiger partial charge in [-0.25, -0.2) is 4.79 Å². The van der Waals surface area contributed by atoms with E-state index < -0.39 is 12.1 Å². The summed E-state index contributed by atoms with van der Waals surface area (Å²) < 4.78 is 5.70. The van der Waals surface area contributed by atoms with Crippen molar-refractivity contribution in [1.82, 2.24) is 0 Å². The summed E-state index contributed by atoms with van der Waals surface area (Å²) in [6.45, 7) is 14.7. The van der Waals surface area contributed by atoms with Crippen LogP contribution in [0.3, 0.4) is 0 Å². The van der Waals surface area contributed by atoms with E-state index in [2.05, 4.69) is 47.6 Å². The van der Waals surface area contributed by atoms with Gasteiger partial charge in [0.15, 0.2) is 6.10 Å². The van der Waals surface area contributed by atoms with Crippen LogP contribution in [-0.2, 0) is 15.6 Å². The lowest BCUT2D eigenvalue weighted by Crippen LogP contribution is -2.26. The molecule has 0 fully saturated rings. The van der Waals surface area contributed by atoms with E-state index in [4.69, 9.17) is 9.84 Å². The lowest BCUT2D eigenvalue weighted by molar-refractivity contribution is -0.145. The highest BCUT2D eigenvalue weighted by atomic mass is 16.5. The molecule has 0 radical (unpaired) electrons. The summed E-state index contributed by atoms with van der Waals surface area (Å²) in [6, 6.07) is 6.11. The van der Waals surface area contributed by atoms with Crippen LogP contribution in [0.25, 0.3) is 0 Å². The van der Waals surface area contributed by atoms with Gasteiger partial charge in [0, 0.05) is 0 Å². The molecule has 1 aromatic rings. The molecule has 0 aliphatic rings. The predicted octanol–water partition coefficient (Wildman–Crippen LogP) is 4.52. The molecule has 0 spiro atoms. The Balaban J connectivity index is 3.29. The van der Waals surface area contributed by atoms with Gasteiger partial charge in [-0.2, -0.15) is 0 Å². The van der Waals surface area contributed by atoms with E-state index in [9.17, 15) is 4.79 Å². The third-order valence-corrected chi connectivity index (χ3v) is 3.56. The molecule has 0 amide bonds. The smallest absolute Gasteiger partial charge is 0.344 e. The second-order valence-electron chi connectivity index (χ2n) is 7.60. The van der Waals surface area contributed by atoms with Crippen LogP contribution < -0.4 is 4.74 Å². The highest BCUT2D eigenvalue weighted by Gasteiger charge is 2.23. The predicted molar refractivity (Wildman–Crippen MR) is 86.2 cm³/mol. The van der Waals surface area contributed by atoms with Crippen LogP contribution in [0.2, 0.25) is 0 Å². The molecule has 0 bridgehead atoms. The molecule has 0 saturated heterocycles. The second kappa shape index (κ2) is 6.08. The normalized spacial score (nSPS) is 13.9. The zero-order valence-electron chi connectivity index (χ0n) is 14.3. The molecule has 0 aromatic heterocycles. The lowest BCUT2D eigenvalue weighted by atomic mass is 9.80. The molecule has 21 heavy (non-hydrogen) atoms. The van der Waals surface area contributed by atoms with Gasteiger partial charge in [-0.3, -0.25) is 0 Å². The van der Waals surface area contributed by atoms with Crippen molar-refractivity contribution in [3.05, 3.63) is 29.3 Å². The number of hydrogen-bond donors (Lipinski definition) is 1. The number of ether oxygens (including phenoxy) is 1. The number of rotatable bonds is 4. The number of benzene rings is 1. The first kappa shape index (κ1) is 17.5. The molecule has 0 unspecified atom stereocenters. The van der Waals surface area contributed by atoms with Gasteiger partial charge < -0.3 is 9.84 Å². The van der Waals surface area contributed by atoms with Crippen molar-refractivity contribution in [3.63, 3.8) is 0 Å². The molecule has 0 aliphatic carbocycles. The lowest BCUT2D eigenvalue weighted by Gasteiger charge is -2.26. The largest absolute Gasteiger partial charge is 0.479 e. The number of carboxylic acids is 1. The first-order chi connectivity index (χ1) is 9.45. The van der Waals surface area contributed by atoms with Gasteiger partial charge in [0.25, 0.3) is 0 Å². The minimum Gasteiger partial charge on any atom is -0.479 e. The molecule has 118 valence electrons. The SMILES string of the molecule is CC[C@@H](Oc1cc(C(C)(C)C)cc(C(C)(C)C)c1)C(=O)O. The van der Waals surface area contributed by atoms with Gasteiger partial charge in [0.2, 0.25) is 0 Å². The topological polar surface area (TPSA) is 46.5 Å². The van der Waals surface area contributed by atoms with E-state index in [1.54, 1.807) is 0 Å². The maximum Gasteiger partial charge on any atom is 0.344 e. The van der Waals surface area contributed by atoms with Crippen LogP contribution in [0.4, 0.5) is 0 Å². The maximum atomic E-state index is 11.2. The number of aliphatic carboxylic acids is 1. The number of carbonyl (C=O) groups is 1. The fraction of sp³-hybridized carbons (Fsp3) is 0.611. The fourth-order valence-corrected chi connectivity index (χ4v) is 2.01. The summed E-state index contributed by atoms with van der Waals surface area (Å²) in [5.74, 6) is -0.280. The average Bonchev–Trinajstić information content (AvgIpc) is 2.33. The zero-order chi connectivity index (χ0) is 16.4. The van der Waals surface area contributed by atoms with Gasteiger partial charge in [0.1, 0.15) is 5.75 Å². The Morgan fingerprint density at radius 2 is 1.48 bits per heavy atom. The van der Waals surface area contributed by atoms with Gasteiger partial charge >= 0.3 is 5.97 Å². The molecule has 1 N–H and O–H groups in total. The molecule has 3 heteroatoms. The molecule has 0 saturated carbocycles. The van der Waals surface area contributed by atoms with Gasteiger partial charge in [-0.1, -0.05) is 54.5 Å². The summed E-state index contributed by atoms with van der Waals surface area (Å²) in [5, 5.41) is 9.17. The van der Waals surface area contributed by atoms with E-state index in [0.717, 1.165) is 11.1 Å². The first-order valence-electron chi connectivity index (χ1n) is 7.50. The third-order valence-electron chi connectivity index (χ3n) is 3.56. The van der Waals surface area contributed by atoms with Crippen LogP contribution in [0.1, 0.15) is 66.0 Å². The van der Waals surface area contributed by atoms with E-state index in [-0.39, 0.29) is 10.8 Å². The minimum absolute atomic E-state index is 0.00962. The highest BCUT2D eigenvalue weighted by Crippen LogP contribution is 2.33. The number of hydrogen-bond acceptors (Lipinski definition) is 2. The van der Waals surface area contributed by atoms with Crippen molar-refractivity contribution in [2.45, 2.75) is 71.8 Å². The van der Waals surface area contributed by atoms with Gasteiger partial charge in [0.05, 0.1) is 0 Å². The van der Waals surface area contributed by atoms with E-state index in [1.807, 2.05) is 19.1 Å². The van der Waals surface area contributed by atoms with Crippen LogP contribution in [0.15, 0.2) is 18.2 Å². The van der Waals surface area contributed by atoms with E-state index in [1.165, 1.54) is 0 Å². The third kappa shape index (κ3) is 4.76. The monoisotopic (exact) mass is 292 g/mol. The van der Waals surface area contributed by atoms with Gasteiger partial charge in [-0.05, 0) is 40.5 Å². The summed E-state index contributed by atoms with van der Waals surface area (Å²) in [5.41, 5.74) is 2.30. The molecular formula is C18H28O3. The molecule has 1 rings (SSSR count). The van der Waals surface area contributed by atoms with Crippen LogP contribution in [-0.4, -0.2) is 17.2 Å². The molecule has 1 aromatic carbocycles. The Morgan fingerprint density at radius 1 is 1.05 bits per heavy atom. The fourth-order valence-electron chi connectivity index (χ4n) is 2.01. The Kier molecular flexibility index (Phi) is 5.08. The van der Waals surface area contributed by atoms with Crippen molar-refractivity contribution in [3.8, 4) is 5.75 Å². The quantitative estimate of drug-likeness (QED) is 0.887. The Labute approximate surface area is 128 Å². The van der Waals surface area contributed by atoms with Crippen molar-refractivity contribution in [1.29, 1.82) is 0 Å². The van der Waals surface area contributed by atoms with Crippen molar-refractivity contribution < 1.29 is 14.6 Å². The van der Waals surface area contributed by atoms with Crippen LogP contribution in [0, 0.1) is 0 Å². The van der Waals surface area contributed by atoms with E-state index in [0.29, 0.717) is 12.2 Å². The molecular weight excluding hydrogens is 264 g/mol. The average molecular weight is 292 g/mol. The Hall–Kier alpha value is -1.51. The van der Waals surface area contributed by atoms with Crippen molar-refractivity contribution in [2.24, 2.45) is 0 Å². The standard InChI is InChI=1S/C18H28O3/c1-8-15(16(19)20)21-14-10-12(17(2,3)4)9-13(11-14)18(5,6)7/h9-11,15H,8H2,1-7H3,(H,19,20)/t15-/m1/s1. The maximum absolute atomic E-state index is 11.2. The summed E-state index contributed by atoms with van der Waals surface area (Å²) in [4.78, 5) is 11.2. The summed E-state index contributed by atoms with van der Waals surface area (Å²) in [7, 11) is 0. The Morgan fingerprint density at radius 3 is 1.76 bits per heavy atom. The zero-order valence-corrected chi connectivity index (χ0v) is 14.3. The van der Waals surface area contributed by atoms with Crippen LogP contribution in [0.5, 0.6) is 5.75 Å². The molecule has 0 aliphatic heterocycles. The van der Waals surface area contributed by atoms with Gasteiger partial charge in [-0.15, -0.1) is 0 Å².